The second-order valence-electron chi connectivity index (χ2n) is 4.83. The maximum Gasteiger partial charge on any atom is 0.249 e. The van der Waals surface area contributed by atoms with Crippen molar-refractivity contribution in [3.05, 3.63) is 11.6 Å². The summed E-state index contributed by atoms with van der Waals surface area (Å²) >= 11 is 0. The monoisotopic (exact) mass is 238 g/mol. The molecule has 0 aliphatic carbocycles. The van der Waals surface area contributed by atoms with Gasteiger partial charge in [0.2, 0.25) is 5.91 Å². The minimum Gasteiger partial charge on any atom is -0.333 e. The lowest BCUT2D eigenvalue weighted by Crippen LogP contribution is -2.58. The lowest BCUT2D eigenvalue weighted by Gasteiger charge is -2.40. The van der Waals surface area contributed by atoms with E-state index in [2.05, 4.69) is 31.0 Å². The Labute approximate surface area is 105 Å². The van der Waals surface area contributed by atoms with E-state index in [-0.39, 0.29) is 5.91 Å². The minimum atomic E-state index is 0.221. The lowest BCUT2D eigenvalue weighted by atomic mass is 10.0. The largest absolute Gasteiger partial charge is 0.333 e. The van der Waals surface area contributed by atoms with E-state index in [1.807, 2.05) is 13.0 Å². The molecule has 1 N–H and O–H groups in total. The summed E-state index contributed by atoms with van der Waals surface area (Å²) in [5, 5.41) is 3.51. The average molecular weight is 238 g/mol. The summed E-state index contributed by atoms with van der Waals surface area (Å²) < 4.78 is 0. The van der Waals surface area contributed by atoms with Gasteiger partial charge in [-0.1, -0.05) is 26.8 Å². The fraction of sp³-hybridized carbons (Fsp3) is 0.786. The second kappa shape index (κ2) is 6.80. The van der Waals surface area contributed by atoms with Crippen LogP contribution < -0.4 is 5.32 Å². The molecule has 1 fully saturated rings. The third kappa shape index (κ3) is 3.56. The molecule has 17 heavy (non-hydrogen) atoms. The molecule has 0 saturated carbocycles. The van der Waals surface area contributed by atoms with Crippen LogP contribution in [0.15, 0.2) is 11.6 Å². The molecule has 1 aliphatic heterocycles. The molecular weight excluding hydrogens is 212 g/mol. The number of rotatable bonds is 4. The first-order valence-electron chi connectivity index (χ1n) is 6.85. The van der Waals surface area contributed by atoms with Crippen molar-refractivity contribution in [3.63, 3.8) is 0 Å². The van der Waals surface area contributed by atoms with Crippen LogP contribution in [0.3, 0.4) is 0 Å². The number of hydrogen-bond donors (Lipinski definition) is 1. The van der Waals surface area contributed by atoms with Crippen LogP contribution in [-0.2, 0) is 4.79 Å². The van der Waals surface area contributed by atoms with Crippen LogP contribution in [0.25, 0.3) is 0 Å². The summed E-state index contributed by atoms with van der Waals surface area (Å²) in [6.07, 6.45) is 5.06. The average Bonchev–Trinajstić information content (AvgIpc) is 2.37. The van der Waals surface area contributed by atoms with Crippen LogP contribution in [0.5, 0.6) is 0 Å². The number of allylic oxidation sites excluding steroid dienone is 1. The highest BCUT2D eigenvalue weighted by atomic mass is 16.2. The SMILES string of the molecule is CC/C=C(/C)C(=O)N1CC(CC)NCC1CC. The van der Waals surface area contributed by atoms with Gasteiger partial charge in [0, 0.05) is 30.7 Å². The molecule has 3 nitrogen and oxygen atoms in total. The number of nitrogens with one attached hydrogen (secondary N) is 1. The van der Waals surface area contributed by atoms with Crippen molar-refractivity contribution in [2.45, 2.75) is 59.0 Å². The first kappa shape index (κ1) is 14.2. The summed E-state index contributed by atoms with van der Waals surface area (Å²) in [5.74, 6) is 0.221. The number of carbonyl (C=O) groups is 1. The van der Waals surface area contributed by atoms with Crippen LogP contribution in [0.4, 0.5) is 0 Å². The Morgan fingerprint density at radius 3 is 2.59 bits per heavy atom. The predicted octanol–water partition coefficient (Wildman–Crippen LogP) is 2.33. The van der Waals surface area contributed by atoms with Crippen LogP contribution in [0, 0.1) is 0 Å². The third-order valence-corrected chi connectivity index (χ3v) is 3.57. The summed E-state index contributed by atoms with van der Waals surface area (Å²) in [4.78, 5) is 14.4. The smallest absolute Gasteiger partial charge is 0.249 e. The van der Waals surface area contributed by atoms with E-state index in [1.54, 1.807) is 0 Å². The fourth-order valence-corrected chi connectivity index (χ4v) is 2.37. The van der Waals surface area contributed by atoms with Gasteiger partial charge in [0.1, 0.15) is 0 Å². The Morgan fingerprint density at radius 1 is 1.35 bits per heavy atom. The van der Waals surface area contributed by atoms with Gasteiger partial charge in [-0.25, -0.2) is 0 Å². The standard InChI is InChI=1S/C14H26N2O/c1-5-8-11(4)14(17)16-10-12(6-2)15-9-13(16)7-3/h8,12-13,15H,5-7,9-10H2,1-4H3/b11-8-. The van der Waals surface area contributed by atoms with Crippen molar-refractivity contribution in [2.75, 3.05) is 13.1 Å². The zero-order chi connectivity index (χ0) is 12.8. The van der Waals surface area contributed by atoms with Gasteiger partial charge in [0.05, 0.1) is 0 Å². The molecule has 2 atom stereocenters. The van der Waals surface area contributed by atoms with E-state index >= 15 is 0 Å². The molecule has 1 amide bonds. The zero-order valence-electron chi connectivity index (χ0n) is 11.6. The quantitative estimate of drug-likeness (QED) is 0.762. The number of carbonyl (C=O) groups excluding carboxylic acids is 1. The van der Waals surface area contributed by atoms with Crippen molar-refractivity contribution in [3.8, 4) is 0 Å². The molecular formula is C14H26N2O. The molecule has 98 valence electrons. The Hall–Kier alpha value is -0.830. The van der Waals surface area contributed by atoms with E-state index in [0.717, 1.165) is 37.9 Å². The van der Waals surface area contributed by atoms with Gasteiger partial charge in [-0.05, 0) is 26.2 Å². The molecule has 0 aromatic heterocycles. The Kier molecular flexibility index (Phi) is 5.69. The number of hydrogen-bond acceptors (Lipinski definition) is 2. The minimum absolute atomic E-state index is 0.221. The van der Waals surface area contributed by atoms with Crippen molar-refractivity contribution in [2.24, 2.45) is 0 Å². The fourth-order valence-electron chi connectivity index (χ4n) is 2.37. The highest BCUT2D eigenvalue weighted by molar-refractivity contribution is 5.93. The zero-order valence-corrected chi connectivity index (χ0v) is 11.6. The van der Waals surface area contributed by atoms with E-state index in [9.17, 15) is 4.79 Å². The predicted molar refractivity (Wildman–Crippen MR) is 71.9 cm³/mol. The Bertz CT molecular complexity index is 286. The van der Waals surface area contributed by atoms with Crippen LogP contribution in [0.1, 0.15) is 47.0 Å². The molecule has 0 radical (unpaired) electrons. The molecule has 1 aliphatic rings. The molecule has 0 aromatic rings. The first-order chi connectivity index (χ1) is 8.13. The van der Waals surface area contributed by atoms with Crippen LogP contribution in [0.2, 0.25) is 0 Å². The molecule has 1 heterocycles. The normalized spacial score (nSPS) is 26.1. The second-order valence-corrected chi connectivity index (χ2v) is 4.83. The topological polar surface area (TPSA) is 32.3 Å². The molecule has 1 saturated heterocycles. The highest BCUT2D eigenvalue weighted by Gasteiger charge is 2.29. The van der Waals surface area contributed by atoms with Gasteiger partial charge in [-0.2, -0.15) is 0 Å². The maximum atomic E-state index is 12.3. The Morgan fingerprint density at radius 2 is 2.06 bits per heavy atom. The molecule has 0 spiro atoms. The van der Waals surface area contributed by atoms with Crippen LogP contribution >= 0.6 is 0 Å². The van der Waals surface area contributed by atoms with E-state index in [1.165, 1.54) is 0 Å². The molecule has 0 bridgehead atoms. The van der Waals surface area contributed by atoms with E-state index < -0.39 is 0 Å². The third-order valence-electron chi connectivity index (χ3n) is 3.57. The molecule has 3 heteroatoms. The lowest BCUT2D eigenvalue weighted by molar-refractivity contribution is -0.131. The van der Waals surface area contributed by atoms with Gasteiger partial charge in [0.25, 0.3) is 0 Å². The van der Waals surface area contributed by atoms with Gasteiger partial charge in [-0.15, -0.1) is 0 Å². The molecule has 0 aromatic carbocycles. The van der Waals surface area contributed by atoms with Gasteiger partial charge in [-0.3, -0.25) is 4.79 Å². The molecule has 1 rings (SSSR count). The number of amides is 1. The van der Waals surface area contributed by atoms with Crippen molar-refractivity contribution < 1.29 is 4.79 Å². The van der Waals surface area contributed by atoms with Crippen molar-refractivity contribution in [1.29, 1.82) is 0 Å². The summed E-state index contributed by atoms with van der Waals surface area (Å²) in [6, 6.07) is 0.807. The van der Waals surface area contributed by atoms with E-state index in [0.29, 0.717) is 12.1 Å². The highest BCUT2D eigenvalue weighted by Crippen LogP contribution is 2.15. The summed E-state index contributed by atoms with van der Waals surface area (Å²) in [7, 11) is 0. The van der Waals surface area contributed by atoms with Gasteiger partial charge in [0.15, 0.2) is 0 Å². The van der Waals surface area contributed by atoms with Crippen LogP contribution in [-0.4, -0.2) is 36.0 Å². The van der Waals surface area contributed by atoms with Gasteiger partial charge >= 0.3 is 0 Å². The first-order valence-corrected chi connectivity index (χ1v) is 6.85. The summed E-state index contributed by atoms with van der Waals surface area (Å²) in [6.45, 7) is 10.1. The summed E-state index contributed by atoms with van der Waals surface area (Å²) in [5.41, 5.74) is 0.891. The van der Waals surface area contributed by atoms with Crippen molar-refractivity contribution in [1.82, 2.24) is 10.2 Å². The molecule has 2 unspecified atom stereocenters. The van der Waals surface area contributed by atoms with E-state index in [4.69, 9.17) is 0 Å². The maximum absolute atomic E-state index is 12.3. The Balaban J connectivity index is 2.75. The number of piperazine rings is 1. The number of nitrogens with zero attached hydrogens (tertiary/aromatic N) is 1. The van der Waals surface area contributed by atoms with Gasteiger partial charge < -0.3 is 10.2 Å². The van der Waals surface area contributed by atoms with Crippen molar-refractivity contribution >= 4 is 5.91 Å².